The van der Waals surface area contributed by atoms with Gasteiger partial charge in [0.05, 0.1) is 11.3 Å². The van der Waals surface area contributed by atoms with Crippen molar-refractivity contribution >= 4 is 22.6 Å². The molecule has 1 heterocycles. The Bertz CT molecular complexity index is 394. The van der Waals surface area contributed by atoms with E-state index >= 15 is 0 Å². The predicted molar refractivity (Wildman–Crippen MR) is 41.2 cm³/mol. The molecular formula is C8H4ClFO. The quantitative estimate of drug-likeness (QED) is 0.592. The van der Waals surface area contributed by atoms with E-state index < -0.39 is 0 Å². The second-order valence-corrected chi connectivity index (χ2v) is 2.63. The maximum Gasteiger partial charge on any atom is 0.138 e. The maximum absolute atomic E-state index is 12.6. The zero-order valence-corrected chi connectivity index (χ0v) is 6.23. The molecule has 0 unspecified atom stereocenters. The van der Waals surface area contributed by atoms with Crippen LogP contribution in [0.2, 0.25) is 5.02 Å². The molecular weight excluding hydrogens is 167 g/mol. The summed E-state index contributed by atoms with van der Waals surface area (Å²) in [6.45, 7) is 0. The zero-order valence-electron chi connectivity index (χ0n) is 5.47. The Morgan fingerprint density at radius 2 is 2.18 bits per heavy atom. The highest BCUT2D eigenvalue weighted by Crippen LogP contribution is 2.25. The highest BCUT2D eigenvalue weighted by Gasteiger charge is 2.03. The average molecular weight is 171 g/mol. The Morgan fingerprint density at radius 1 is 1.36 bits per heavy atom. The van der Waals surface area contributed by atoms with Crippen LogP contribution in [0, 0.1) is 5.82 Å². The van der Waals surface area contributed by atoms with Crippen LogP contribution >= 0.6 is 11.6 Å². The third kappa shape index (κ3) is 0.994. The third-order valence-electron chi connectivity index (χ3n) is 1.49. The first-order valence-corrected chi connectivity index (χ1v) is 3.47. The molecule has 0 aliphatic carbocycles. The summed E-state index contributed by atoms with van der Waals surface area (Å²) < 4.78 is 17.6. The van der Waals surface area contributed by atoms with Crippen LogP contribution < -0.4 is 0 Å². The molecule has 0 bridgehead atoms. The van der Waals surface area contributed by atoms with E-state index in [1.807, 2.05) is 0 Å². The molecule has 0 aliphatic heterocycles. The molecule has 2 rings (SSSR count). The molecule has 56 valence electrons. The van der Waals surface area contributed by atoms with Crippen LogP contribution in [0.1, 0.15) is 0 Å². The summed E-state index contributed by atoms with van der Waals surface area (Å²) in [6.07, 6.45) is 1.48. The lowest BCUT2D eigenvalue weighted by Crippen LogP contribution is -1.72. The van der Waals surface area contributed by atoms with Crippen molar-refractivity contribution in [1.82, 2.24) is 0 Å². The van der Waals surface area contributed by atoms with Crippen molar-refractivity contribution in [3.05, 3.63) is 35.3 Å². The van der Waals surface area contributed by atoms with Gasteiger partial charge in [0.15, 0.2) is 0 Å². The van der Waals surface area contributed by atoms with Crippen LogP contribution in [-0.4, -0.2) is 0 Å². The van der Waals surface area contributed by atoms with Gasteiger partial charge in [0.2, 0.25) is 0 Å². The van der Waals surface area contributed by atoms with Crippen molar-refractivity contribution < 1.29 is 8.81 Å². The summed E-state index contributed by atoms with van der Waals surface area (Å²) >= 11 is 5.70. The zero-order chi connectivity index (χ0) is 7.84. The van der Waals surface area contributed by atoms with E-state index in [9.17, 15) is 4.39 Å². The Kier molecular flexibility index (Phi) is 1.36. The average Bonchev–Trinajstić information content (AvgIpc) is 2.34. The first-order valence-electron chi connectivity index (χ1n) is 3.09. The summed E-state index contributed by atoms with van der Waals surface area (Å²) in [6, 6.07) is 4.28. The fourth-order valence-electron chi connectivity index (χ4n) is 0.996. The topological polar surface area (TPSA) is 13.1 Å². The van der Waals surface area contributed by atoms with Gasteiger partial charge in [-0.1, -0.05) is 11.6 Å². The van der Waals surface area contributed by atoms with E-state index in [2.05, 4.69) is 0 Å². The van der Waals surface area contributed by atoms with Crippen LogP contribution in [0.25, 0.3) is 11.0 Å². The summed E-state index contributed by atoms with van der Waals surface area (Å²) in [4.78, 5) is 0. The van der Waals surface area contributed by atoms with Crippen LogP contribution in [0.4, 0.5) is 4.39 Å². The molecule has 0 saturated carbocycles. The maximum atomic E-state index is 12.6. The lowest BCUT2D eigenvalue weighted by molar-refractivity contribution is 0.599. The normalized spacial score (nSPS) is 10.7. The largest absolute Gasteiger partial charge is 0.464 e. The van der Waals surface area contributed by atoms with Crippen molar-refractivity contribution in [1.29, 1.82) is 0 Å². The number of furan rings is 1. The number of rotatable bonds is 0. The molecule has 3 heteroatoms. The number of fused-ring (bicyclic) bond motifs is 1. The second kappa shape index (κ2) is 2.24. The lowest BCUT2D eigenvalue weighted by atomic mass is 10.2. The van der Waals surface area contributed by atoms with Gasteiger partial charge in [0.1, 0.15) is 11.4 Å². The summed E-state index contributed by atoms with van der Waals surface area (Å²) in [5.41, 5.74) is 0.481. The molecule has 0 spiro atoms. The Morgan fingerprint density at radius 3 is 3.00 bits per heavy atom. The van der Waals surface area contributed by atoms with Crippen LogP contribution in [-0.2, 0) is 0 Å². The molecule has 0 atom stereocenters. The molecule has 11 heavy (non-hydrogen) atoms. The van der Waals surface area contributed by atoms with Crippen LogP contribution in [0.15, 0.2) is 28.9 Å². The Hall–Kier alpha value is -1.02. The molecule has 1 aromatic heterocycles. The minimum absolute atomic E-state index is 0.377. The van der Waals surface area contributed by atoms with E-state index in [0.717, 1.165) is 5.39 Å². The molecule has 2 aromatic rings. The van der Waals surface area contributed by atoms with Crippen LogP contribution in [0.5, 0.6) is 0 Å². The molecule has 0 radical (unpaired) electrons. The summed E-state index contributed by atoms with van der Waals surface area (Å²) in [5.74, 6) is -0.377. The van der Waals surface area contributed by atoms with Crippen molar-refractivity contribution in [2.24, 2.45) is 0 Å². The first kappa shape index (κ1) is 6.68. The summed E-state index contributed by atoms with van der Waals surface area (Å²) in [5, 5.41) is 1.13. The van der Waals surface area contributed by atoms with Gasteiger partial charge >= 0.3 is 0 Å². The fraction of sp³-hybridized carbons (Fsp3) is 0. The predicted octanol–water partition coefficient (Wildman–Crippen LogP) is 3.23. The molecule has 1 nitrogen and oxygen atoms in total. The first-order chi connectivity index (χ1) is 5.27. The monoisotopic (exact) mass is 170 g/mol. The molecule has 0 aliphatic rings. The Labute approximate surface area is 67.4 Å². The molecule has 1 aromatic carbocycles. The van der Waals surface area contributed by atoms with Gasteiger partial charge in [-0.2, -0.15) is 0 Å². The van der Waals surface area contributed by atoms with Crippen LogP contribution in [0.3, 0.4) is 0 Å². The molecule has 0 fully saturated rings. The molecule has 0 saturated heterocycles. The van der Waals surface area contributed by atoms with Crippen molar-refractivity contribution in [3.63, 3.8) is 0 Å². The number of hydrogen-bond donors (Lipinski definition) is 0. The van der Waals surface area contributed by atoms with E-state index in [-0.39, 0.29) is 5.82 Å². The SMILES string of the molecule is Fc1cc(Cl)c2ccoc2c1. The minimum atomic E-state index is -0.377. The molecule has 0 amide bonds. The smallest absolute Gasteiger partial charge is 0.138 e. The van der Waals surface area contributed by atoms with E-state index in [4.69, 9.17) is 16.0 Å². The second-order valence-electron chi connectivity index (χ2n) is 2.22. The van der Waals surface area contributed by atoms with E-state index in [0.29, 0.717) is 10.6 Å². The van der Waals surface area contributed by atoms with Crippen molar-refractivity contribution in [3.8, 4) is 0 Å². The van der Waals surface area contributed by atoms with Gasteiger partial charge in [-0.05, 0) is 12.1 Å². The van der Waals surface area contributed by atoms with Crippen molar-refractivity contribution in [2.45, 2.75) is 0 Å². The highest BCUT2D eigenvalue weighted by molar-refractivity contribution is 6.35. The van der Waals surface area contributed by atoms with Gasteiger partial charge in [-0.25, -0.2) is 4.39 Å². The Balaban J connectivity index is 2.91. The van der Waals surface area contributed by atoms with Gasteiger partial charge in [0.25, 0.3) is 0 Å². The molecule has 0 N–H and O–H groups in total. The highest BCUT2D eigenvalue weighted by atomic mass is 35.5. The van der Waals surface area contributed by atoms with Gasteiger partial charge in [-0.3, -0.25) is 0 Å². The van der Waals surface area contributed by atoms with Gasteiger partial charge in [0, 0.05) is 11.5 Å². The van der Waals surface area contributed by atoms with Crippen molar-refractivity contribution in [2.75, 3.05) is 0 Å². The van der Waals surface area contributed by atoms with Gasteiger partial charge < -0.3 is 4.42 Å². The number of halogens is 2. The lowest BCUT2D eigenvalue weighted by Gasteiger charge is -1.91. The minimum Gasteiger partial charge on any atom is -0.464 e. The standard InChI is InChI=1S/C8H4ClFO/c9-7-3-5(10)4-8-6(7)1-2-11-8/h1-4H. The van der Waals surface area contributed by atoms with E-state index in [1.54, 1.807) is 6.07 Å². The summed E-state index contributed by atoms with van der Waals surface area (Å²) in [7, 11) is 0. The van der Waals surface area contributed by atoms with E-state index in [1.165, 1.54) is 18.4 Å². The fourth-order valence-corrected chi connectivity index (χ4v) is 1.26. The van der Waals surface area contributed by atoms with Gasteiger partial charge in [-0.15, -0.1) is 0 Å². The number of hydrogen-bond acceptors (Lipinski definition) is 1. The third-order valence-corrected chi connectivity index (χ3v) is 1.80. The number of benzene rings is 1.